The number of rotatable bonds is 4. The molecule has 0 spiro atoms. The molecule has 1 aromatic carbocycles. The summed E-state index contributed by atoms with van der Waals surface area (Å²) in [6.45, 7) is 5.47. The number of amides is 1. The number of carbonyl (C=O) groups is 1. The third kappa shape index (κ3) is 4.27. The summed E-state index contributed by atoms with van der Waals surface area (Å²) < 4.78 is 16.8. The highest BCUT2D eigenvalue weighted by molar-refractivity contribution is 6.12. The zero-order valence-corrected chi connectivity index (χ0v) is 19.1. The number of hydrogen-bond donors (Lipinski definition) is 2. The van der Waals surface area contributed by atoms with Crippen LogP contribution in [0, 0.1) is 5.82 Å². The van der Waals surface area contributed by atoms with Crippen molar-refractivity contribution < 1.29 is 9.18 Å². The highest BCUT2D eigenvalue weighted by atomic mass is 35.5. The Balaban J connectivity index is 0.00000136. The largest absolute Gasteiger partial charge is 0.319 e. The van der Waals surface area contributed by atoms with Gasteiger partial charge in [0.25, 0.3) is 5.91 Å². The lowest BCUT2D eigenvalue weighted by Crippen LogP contribution is -2.25. The molecule has 2 N–H and O–H groups in total. The Morgan fingerprint density at radius 2 is 2.06 bits per heavy atom. The van der Waals surface area contributed by atoms with Gasteiger partial charge in [-0.3, -0.25) is 4.79 Å². The summed E-state index contributed by atoms with van der Waals surface area (Å²) in [5.41, 5.74) is 4.00. The summed E-state index contributed by atoms with van der Waals surface area (Å²) in [6, 6.07) is 5.52. The van der Waals surface area contributed by atoms with Crippen LogP contribution in [0.15, 0.2) is 24.4 Å². The number of pyridine rings is 1. The van der Waals surface area contributed by atoms with Crippen LogP contribution in [0.4, 0.5) is 10.1 Å². The lowest BCUT2D eigenvalue weighted by molar-refractivity contribution is 0.102. The Kier molecular flexibility index (Phi) is 6.88. The molecule has 3 heterocycles. The van der Waals surface area contributed by atoms with E-state index in [4.69, 9.17) is 4.98 Å². The molecule has 2 aromatic heterocycles. The average Bonchev–Trinajstić information content (AvgIpc) is 3.48. The van der Waals surface area contributed by atoms with Crippen molar-refractivity contribution in [2.24, 2.45) is 0 Å². The second-order valence-electron chi connectivity index (χ2n) is 8.23. The Bertz CT molecular complexity index is 1130. The smallest absolute Gasteiger partial charge is 0.256 e. The topological polar surface area (TPSA) is 71.8 Å². The normalized spacial score (nSPS) is 15.2. The molecule has 1 saturated carbocycles. The summed E-state index contributed by atoms with van der Waals surface area (Å²) in [4.78, 5) is 18.0. The molecule has 9 heteroatoms. The van der Waals surface area contributed by atoms with Gasteiger partial charge >= 0.3 is 0 Å². The van der Waals surface area contributed by atoms with Gasteiger partial charge in [-0.1, -0.05) is 6.07 Å². The molecule has 0 atom stereocenters. The van der Waals surface area contributed by atoms with E-state index >= 15 is 4.39 Å². The zero-order chi connectivity index (χ0) is 20.1. The van der Waals surface area contributed by atoms with Gasteiger partial charge in [-0.25, -0.2) is 14.1 Å². The van der Waals surface area contributed by atoms with Crippen LogP contribution in [0.1, 0.15) is 65.8 Å². The highest BCUT2D eigenvalue weighted by Gasteiger charge is 2.28. The molecule has 1 aliphatic carbocycles. The van der Waals surface area contributed by atoms with E-state index in [2.05, 4.69) is 15.7 Å². The number of carbonyl (C=O) groups excluding carboxylic acids is 1. The van der Waals surface area contributed by atoms with E-state index in [0.717, 1.165) is 30.6 Å². The maximum atomic E-state index is 15.0. The van der Waals surface area contributed by atoms with Crippen molar-refractivity contribution in [1.29, 1.82) is 0 Å². The standard InChI is InChI=1S/C22H24FN5O.2ClH/c1-12(2)28-21-17(11-25-28)16(9-19(26-21)13-3-4-13)22(29)27-18-6-5-14-10-24-8-7-15(14)20(18)23;;/h5-6,9,11-13,24H,3-4,7-8,10H2,1-2H3,(H,27,29);2*1H. The Labute approximate surface area is 192 Å². The van der Waals surface area contributed by atoms with Crippen molar-refractivity contribution in [3.8, 4) is 0 Å². The van der Waals surface area contributed by atoms with Gasteiger partial charge in [0.1, 0.15) is 5.82 Å². The first-order chi connectivity index (χ1) is 14.0. The van der Waals surface area contributed by atoms with Crippen LogP contribution in [0.3, 0.4) is 0 Å². The summed E-state index contributed by atoms with van der Waals surface area (Å²) >= 11 is 0. The lowest BCUT2D eigenvalue weighted by Gasteiger charge is -2.19. The van der Waals surface area contributed by atoms with Crippen molar-refractivity contribution in [1.82, 2.24) is 20.1 Å². The molecule has 31 heavy (non-hydrogen) atoms. The second-order valence-corrected chi connectivity index (χ2v) is 8.23. The minimum Gasteiger partial charge on any atom is -0.319 e. The number of nitrogens with one attached hydrogen (secondary N) is 2. The van der Waals surface area contributed by atoms with E-state index in [1.54, 1.807) is 12.3 Å². The minimum atomic E-state index is -0.331. The molecule has 0 radical (unpaired) electrons. The van der Waals surface area contributed by atoms with Crippen LogP contribution in [-0.2, 0) is 13.0 Å². The van der Waals surface area contributed by atoms with E-state index in [1.807, 2.05) is 30.7 Å². The first kappa shape index (κ1) is 23.4. The van der Waals surface area contributed by atoms with E-state index in [-0.39, 0.29) is 48.3 Å². The summed E-state index contributed by atoms with van der Waals surface area (Å²) in [7, 11) is 0. The molecule has 5 rings (SSSR count). The number of aromatic nitrogens is 3. The third-order valence-corrected chi connectivity index (χ3v) is 5.77. The molecular formula is C22H26Cl2FN5O. The van der Waals surface area contributed by atoms with Crippen molar-refractivity contribution in [2.45, 2.75) is 51.6 Å². The first-order valence-corrected chi connectivity index (χ1v) is 10.2. The fraction of sp³-hybridized carbons (Fsp3) is 0.409. The molecule has 6 nitrogen and oxygen atoms in total. The molecule has 0 bridgehead atoms. The monoisotopic (exact) mass is 465 g/mol. The maximum Gasteiger partial charge on any atom is 0.256 e. The van der Waals surface area contributed by atoms with Crippen molar-refractivity contribution in [3.63, 3.8) is 0 Å². The predicted octanol–water partition coefficient (Wildman–Crippen LogP) is 4.77. The Morgan fingerprint density at radius 1 is 1.29 bits per heavy atom. The SMILES string of the molecule is CC(C)n1ncc2c(C(=O)Nc3ccc4c(c3F)CCNC4)cc(C3CC3)nc21.Cl.Cl. The molecule has 0 unspecified atom stereocenters. The van der Waals surface area contributed by atoms with Crippen LogP contribution in [0.2, 0.25) is 0 Å². The van der Waals surface area contributed by atoms with Crippen LogP contribution in [0.5, 0.6) is 0 Å². The molecule has 3 aromatic rings. The number of halogens is 3. The predicted molar refractivity (Wildman–Crippen MR) is 124 cm³/mol. The van der Waals surface area contributed by atoms with E-state index in [1.165, 1.54) is 0 Å². The Hall–Kier alpha value is -2.22. The number of hydrogen-bond acceptors (Lipinski definition) is 4. The summed E-state index contributed by atoms with van der Waals surface area (Å²) in [5, 5.41) is 11.2. The zero-order valence-electron chi connectivity index (χ0n) is 17.4. The average molecular weight is 466 g/mol. The highest BCUT2D eigenvalue weighted by Crippen LogP contribution is 2.40. The van der Waals surface area contributed by atoms with Gasteiger partial charge < -0.3 is 10.6 Å². The minimum absolute atomic E-state index is 0. The number of fused-ring (bicyclic) bond motifs is 2. The Morgan fingerprint density at radius 3 is 2.77 bits per heavy atom. The number of benzene rings is 1. The second kappa shape index (κ2) is 9.10. The van der Waals surface area contributed by atoms with Crippen molar-refractivity contribution in [3.05, 3.63) is 52.6 Å². The summed E-state index contributed by atoms with van der Waals surface area (Å²) in [6.07, 6.45) is 4.48. The fourth-order valence-electron chi connectivity index (χ4n) is 4.01. The van der Waals surface area contributed by atoms with Crippen molar-refractivity contribution in [2.75, 3.05) is 11.9 Å². The van der Waals surface area contributed by atoms with Gasteiger partial charge in [0.05, 0.1) is 22.8 Å². The van der Waals surface area contributed by atoms with Crippen LogP contribution in [-0.4, -0.2) is 27.2 Å². The molecule has 166 valence electrons. The van der Waals surface area contributed by atoms with E-state index in [9.17, 15) is 4.79 Å². The van der Waals surface area contributed by atoms with Gasteiger partial charge in [0.15, 0.2) is 5.65 Å². The molecule has 0 saturated heterocycles. The first-order valence-electron chi connectivity index (χ1n) is 10.2. The van der Waals surface area contributed by atoms with Gasteiger partial charge in [-0.2, -0.15) is 5.10 Å². The van der Waals surface area contributed by atoms with Gasteiger partial charge in [-0.15, -0.1) is 24.8 Å². The van der Waals surface area contributed by atoms with Crippen LogP contribution < -0.4 is 10.6 Å². The molecule has 1 amide bonds. The number of nitrogens with zero attached hydrogens (tertiary/aromatic N) is 3. The molecule has 1 fully saturated rings. The van der Waals surface area contributed by atoms with Crippen molar-refractivity contribution >= 4 is 47.4 Å². The summed E-state index contributed by atoms with van der Waals surface area (Å²) in [5.74, 6) is -0.257. The molecule has 1 aliphatic heterocycles. The van der Waals surface area contributed by atoms with Crippen LogP contribution >= 0.6 is 24.8 Å². The van der Waals surface area contributed by atoms with Gasteiger partial charge in [0, 0.05) is 24.2 Å². The molecule has 2 aliphatic rings. The van der Waals surface area contributed by atoms with E-state index < -0.39 is 0 Å². The van der Waals surface area contributed by atoms with Gasteiger partial charge in [0.2, 0.25) is 0 Å². The number of anilines is 1. The fourth-order valence-corrected chi connectivity index (χ4v) is 4.01. The quantitative estimate of drug-likeness (QED) is 0.581. The van der Waals surface area contributed by atoms with Gasteiger partial charge in [-0.05, 0) is 62.9 Å². The lowest BCUT2D eigenvalue weighted by atomic mass is 9.99. The van der Waals surface area contributed by atoms with E-state index in [0.29, 0.717) is 41.0 Å². The maximum absolute atomic E-state index is 15.0. The third-order valence-electron chi connectivity index (χ3n) is 5.77. The molecular weight excluding hydrogens is 440 g/mol. The van der Waals surface area contributed by atoms with Crippen LogP contribution in [0.25, 0.3) is 11.0 Å².